The summed E-state index contributed by atoms with van der Waals surface area (Å²) < 4.78 is 6.64. The molecule has 0 spiro atoms. The van der Waals surface area contributed by atoms with Gasteiger partial charge in [0.05, 0.1) is 12.8 Å². The van der Waals surface area contributed by atoms with Crippen molar-refractivity contribution in [3.05, 3.63) is 65.2 Å². The molecular formula is C19H22N6OS. The molecule has 7 nitrogen and oxygen atoms in total. The highest BCUT2D eigenvalue weighted by molar-refractivity contribution is 7.98. The van der Waals surface area contributed by atoms with Crippen LogP contribution < -0.4 is 16.0 Å². The number of anilines is 1. The first-order valence-electron chi connectivity index (χ1n) is 8.40. The molecule has 0 aliphatic rings. The van der Waals surface area contributed by atoms with Crippen molar-refractivity contribution in [2.45, 2.75) is 24.8 Å². The Bertz CT molecular complexity index is 953. The molecule has 8 heteroatoms. The van der Waals surface area contributed by atoms with Gasteiger partial charge in [-0.1, -0.05) is 53.7 Å². The quantitative estimate of drug-likeness (QED) is 0.282. The number of ether oxygens (including phenoxy) is 1. The van der Waals surface area contributed by atoms with Crippen LogP contribution in [0, 0.1) is 6.92 Å². The normalized spacial score (nSPS) is 11.4. The van der Waals surface area contributed by atoms with Crippen LogP contribution in [0.3, 0.4) is 0 Å². The van der Waals surface area contributed by atoms with Crippen LogP contribution in [0.4, 0.5) is 5.95 Å². The number of aromatic nitrogens is 3. The summed E-state index contributed by atoms with van der Waals surface area (Å²) in [6.07, 6.45) is 0. The summed E-state index contributed by atoms with van der Waals surface area (Å²) in [5.41, 5.74) is 7.04. The first kappa shape index (κ1) is 18.8. The third kappa shape index (κ3) is 4.79. The van der Waals surface area contributed by atoms with Crippen LogP contribution in [0.25, 0.3) is 0 Å². The number of thioether (sulfide) groups is 1. The van der Waals surface area contributed by atoms with Gasteiger partial charge in [-0.3, -0.25) is 0 Å². The fourth-order valence-corrected chi connectivity index (χ4v) is 3.25. The fraction of sp³-hybridized carbons (Fsp3) is 0.211. The summed E-state index contributed by atoms with van der Waals surface area (Å²) in [5, 5.41) is 13.2. The number of hydrazone groups is 1. The van der Waals surface area contributed by atoms with Gasteiger partial charge < -0.3 is 10.6 Å². The summed E-state index contributed by atoms with van der Waals surface area (Å²) >= 11 is 1.52. The van der Waals surface area contributed by atoms with E-state index in [-0.39, 0.29) is 0 Å². The molecule has 0 aliphatic carbocycles. The van der Waals surface area contributed by atoms with Crippen molar-refractivity contribution in [2.24, 2.45) is 5.10 Å². The van der Waals surface area contributed by atoms with E-state index in [2.05, 4.69) is 45.8 Å². The van der Waals surface area contributed by atoms with Gasteiger partial charge in [0.25, 0.3) is 5.95 Å². The summed E-state index contributed by atoms with van der Waals surface area (Å²) in [6, 6.07) is 16.0. The van der Waals surface area contributed by atoms with Crippen LogP contribution in [0.15, 0.2) is 58.8 Å². The van der Waals surface area contributed by atoms with Gasteiger partial charge in [-0.15, -0.1) is 10.2 Å². The largest absolute Gasteiger partial charge is 0.497 e. The smallest absolute Gasteiger partial charge is 0.264 e. The van der Waals surface area contributed by atoms with E-state index in [0.717, 1.165) is 22.8 Å². The van der Waals surface area contributed by atoms with E-state index < -0.39 is 0 Å². The molecule has 0 fully saturated rings. The average molecular weight is 382 g/mol. The van der Waals surface area contributed by atoms with Crippen LogP contribution in [0.5, 0.6) is 5.75 Å². The number of nitrogens with two attached hydrogens (primary N) is 1. The Morgan fingerprint density at radius 3 is 2.81 bits per heavy atom. The minimum Gasteiger partial charge on any atom is -0.497 e. The van der Waals surface area contributed by atoms with Crippen molar-refractivity contribution >= 4 is 23.4 Å². The fourth-order valence-electron chi connectivity index (χ4n) is 2.45. The van der Waals surface area contributed by atoms with Crippen molar-refractivity contribution in [1.29, 1.82) is 0 Å². The number of rotatable bonds is 7. The number of nitrogens with one attached hydrogen (secondary N) is 1. The van der Waals surface area contributed by atoms with E-state index in [0.29, 0.717) is 11.1 Å². The second-order valence-corrected chi connectivity index (χ2v) is 6.94. The molecule has 0 saturated heterocycles. The minimum atomic E-state index is 0.379. The number of methoxy groups -OCH3 is 1. The van der Waals surface area contributed by atoms with Crippen LogP contribution in [0.2, 0.25) is 0 Å². The lowest BCUT2D eigenvalue weighted by molar-refractivity contribution is 0.414. The zero-order valence-corrected chi connectivity index (χ0v) is 16.3. The average Bonchev–Trinajstić information content (AvgIpc) is 3.04. The molecule has 0 bridgehead atoms. The Morgan fingerprint density at radius 2 is 2.04 bits per heavy atom. The number of nitrogens with zero attached hydrogens (tertiary/aromatic N) is 4. The second kappa shape index (κ2) is 8.59. The Labute approximate surface area is 162 Å². The van der Waals surface area contributed by atoms with E-state index in [1.165, 1.54) is 27.6 Å². The van der Waals surface area contributed by atoms with Gasteiger partial charge in [0.15, 0.2) is 0 Å². The lowest BCUT2D eigenvalue weighted by Gasteiger charge is -2.06. The summed E-state index contributed by atoms with van der Waals surface area (Å²) in [4.78, 5) is 0. The molecule has 3 aromatic rings. The van der Waals surface area contributed by atoms with E-state index in [4.69, 9.17) is 10.6 Å². The molecule has 1 aromatic heterocycles. The molecule has 0 aliphatic heterocycles. The highest BCUT2D eigenvalue weighted by atomic mass is 32.2. The lowest BCUT2D eigenvalue weighted by Crippen LogP contribution is -2.13. The van der Waals surface area contributed by atoms with E-state index in [1.807, 2.05) is 37.3 Å². The maximum atomic E-state index is 6.09. The molecule has 0 amide bonds. The SMILES string of the molecule is COc1cccc(/C(C)=N/Nc2nnc(SCc3cccc(C)c3)n2N)c1. The molecule has 3 rings (SSSR count). The first-order chi connectivity index (χ1) is 13.1. The van der Waals surface area contributed by atoms with Gasteiger partial charge in [-0.05, 0) is 31.5 Å². The number of benzene rings is 2. The monoisotopic (exact) mass is 382 g/mol. The molecule has 140 valence electrons. The zero-order chi connectivity index (χ0) is 19.2. The lowest BCUT2D eigenvalue weighted by atomic mass is 10.1. The minimum absolute atomic E-state index is 0.379. The highest BCUT2D eigenvalue weighted by Gasteiger charge is 2.10. The van der Waals surface area contributed by atoms with Gasteiger partial charge in [-0.25, -0.2) is 10.1 Å². The van der Waals surface area contributed by atoms with Crippen molar-refractivity contribution < 1.29 is 4.74 Å². The predicted octanol–water partition coefficient (Wildman–Crippen LogP) is 3.44. The highest BCUT2D eigenvalue weighted by Crippen LogP contribution is 2.22. The predicted molar refractivity (Wildman–Crippen MR) is 110 cm³/mol. The van der Waals surface area contributed by atoms with Gasteiger partial charge in [0.2, 0.25) is 5.16 Å². The van der Waals surface area contributed by atoms with E-state index in [1.54, 1.807) is 7.11 Å². The maximum Gasteiger partial charge on any atom is 0.264 e. The zero-order valence-electron chi connectivity index (χ0n) is 15.5. The Morgan fingerprint density at radius 1 is 1.22 bits per heavy atom. The van der Waals surface area contributed by atoms with Gasteiger partial charge in [0.1, 0.15) is 5.75 Å². The topological polar surface area (TPSA) is 90.3 Å². The standard InChI is InChI=1S/C19H22N6OS/c1-13-6-4-7-15(10-13)12-27-19-24-23-18(25(19)20)22-21-14(2)16-8-5-9-17(11-16)26-3/h4-11H,12,20H2,1-3H3,(H,22,23)/b21-14+. The molecular weight excluding hydrogens is 360 g/mol. The van der Waals surface area contributed by atoms with E-state index in [9.17, 15) is 0 Å². The Balaban J connectivity index is 1.66. The molecule has 0 saturated carbocycles. The third-order valence-corrected chi connectivity index (χ3v) is 4.94. The first-order valence-corrected chi connectivity index (χ1v) is 9.39. The van der Waals surface area contributed by atoms with Gasteiger partial charge in [-0.2, -0.15) is 5.10 Å². The molecule has 27 heavy (non-hydrogen) atoms. The molecule has 0 radical (unpaired) electrons. The third-order valence-electron chi connectivity index (χ3n) is 3.93. The number of aryl methyl sites for hydroxylation is 1. The van der Waals surface area contributed by atoms with Crippen LogP contribution in [-0.2, 0) is 5.75 Å². The maximum absolute atomic E-state index is 6.09. The van der Waals surface area contributed by atoms with Gasteiger partial charge >= 0.3 is 0 Å². The number of hydrogen-bond donors (Lipinski definition) is 2. The second-order valence-electron chi connectivity index (χ2n) is 5.99. The molecule has 2 aromatic carbocycles. The van der Waals surface area contributed by atoms with Gasteiger partial charge in [0, 0.05) is 11.3 Å². The van der Waals surface area contributed by atoms with Crippen LogP contribution in [0.1, 0.15) is 23.6 Å². The molecule has 3 N–H and O–H groups in total. The molecule has 1 heterocycles. The Hall–Kier alpha value is -3.00. The number of hydrogen-bond acceptors (Lipinski definition) is 7. The van der Waals surface area contributed by atoms with Crippen LogP contribution >= 0.6 is 11.8 Å². The Kier molecular flexibility index (Phi) is 5.97. The summed E-state index contributed by atoms with van der Waals surface area (Å²) in [6.45, 7) is 3.97. The van der Waals surface area contributed by atoms with Crippen molar-refractivity contribution in [1.82, 2.24) is 14.9 Å². The summed E-state index contributed by atoms with van der Waals surface area (Å²) in [7, 11) is 1.64. The molecule has 0 unspecified atom stereocenters. The van der Waals surface area contributed by atoms with Crippen molar-refractivity contribution in [3.8, 4) is 5.75 Å². The number of nitrogen functional groups attached to an aromatic ring is 1. The molecule has 0 atom stereocenters. The van der Waals surface area contributed by atoms with Crippen LogP contribution in [-0.4, -0.2) is 27.7 Å². The van der Waals surface area contributed by atoms with E-state index >= 15 is 0 Å². The van der Waals surface area contributed by atoms with Crippen molar-refractivity contribution in [2.75, 3.05) is 18.4 Å². The van der Waals surface area contributed by atoms with Crippen molar-refractivity contribution in [3.63, 3.8) is 0 Å². The summed E-state index contributed by atoms with van der Waals surface area (Å²) in [5.74, 6) is 8.01.